The van der Waals surface area contributed by atoms with Gasteiger partial charge in [0.05, 0.1) is 17.2 Å². The van der Waals surface area contributed by atoms with Crippen LogP contribution in [0.2, 0.25) is 0 Å². The van der Waals surface area contributed by atoms with Gasteiger partial charge in [0.2, 0.25) is 0 Å². The quantitative estimate of drug-likeness (QED) is 0.468. The number of imidazole rings is 1. The summed E-state index contributed by atoms with van der Waals surface area (Å²) in [5.41, 5.74) is 5.02. The Morgan fingerprint density at radius 3 is 3.00 bits per heavy atom. The second kappa shape index (κ2) is 3.45. The first-order valence-electron chi connectivity index (χ1n) is 6.73. The number of fused-ring (bicyclic) bond motifs is 6. The number of hydrogen-bond acceptors (Lipinski definition) is 2. The van der Waals surface area contributed by atoms with Crippen molar-refractivity contribution in [1.29, 1.82) is 0 Å². The van der Waals surface area contributed by atoms with Crippen LogP contribution in [0.25, 0.3) is 23.4 Å². The van der Waals surface area contributed by atoms with Gasteiger partial charge >= 0.3 is 0 Å². The van der Waals surface area contributed by atoms with Gasteiger partial charge in [-0.2, -0.15) is 0 Å². The van der Waals surface area contributed by atoms with Crippen molar-refractivity contribution in [2.75, 3.05) is 0 Å². The van der Waals surface area contributed by atoms with Gasteiger partial charge in [-0.25, -0.2) is 4.98 Å². The third kappa shape index (κ3) is 1.29. The van der Waals surface area contributed by atoms with Gasteiger partial charge in [0.15, 0.2) is 5.82 Å². The summed E-state index contributed by atoms with van der Waals surface area (Å²) >= 11 is 0. The van der Waals surface area contributed by atoms with Gasteiger partial charge in [-0.1, -0.05) is 24.3 Å². The largest absolute Gasteiger partial charge is 0.298 e. The van der Waals surface area contributed by atoms with Crippen LogP contribution < -0.4 is 10.4 Å². The smallest absolute Gasteiger partial charge is 0.156 e. The van der Waals surface area contributed by atoms with Gasteiger partial charge < -0.3 is 0 Å². The van der Waals surface area contributed by atoms with Crippen molar-refractivity contribution >= 4 is 29.6 Å². The highest BCUT2D eigenvalue weighted by Crippen LogP contribution is 2.22. The highest BCUT2D eigenvalue weighted by molar-refractivity contribution is 5.88. The summed E-state index contributed by atoms with van der Waals surface area (Å²) in [6.45, 7) is 0. The molecule has 2 heterocycles. The normalized spacial score (nSPS) is 17.8. The molecule has 2 aromatic carbocycles. The first-order valence-corrected chi connectivity index (χ1v) is 6.73. The molecule has 0 bridgehead atoms. The molecule has 20 heavy (non-hydrogen) atoms. The Morgan fingerprint density at radius 1 is 1.05 bits per heavy atom. The summed E-state index contributed by atoms with van der Waals surface area (Å²) in [5, 5.41) is 2.46. The van der Waals surface area contributed by atoms with E-state index in [1.165, 1.54) is 21.6 Å². The Bertz CT molecular complexity index is 1020. The van der Waals surface area contributed by atoms with E-state index in [2.05, 4.69) is 38.9 Å². The summed E-state index contributed by atoms with van der Waals surface area (Å²) < 4.78 is 2.14. The average Bonchev–Trinajstić information content (AvgIpc) is 3.16. The van der Waals surface area contributed by atoms with Crippen LogP contribution in [-0.4, -0.2) is 15.8 Å². The molecule has 0 spiro atoms. The minimum Gasteiger partial charge on any atom is -0.298 e. The number of aliphatic imine (C=N–C) groups is 1. The average molecular weight is 257 g/mol. The third-order valence-corrected chi connectivity index (χ3v) is 4.01. The fraction of sp³-hybridized carbons (Fsp3) is 0.0588. The van der Waals surface area contributed by atoms with Crippen LogP contribution >= 0.6 is 0 Å². The van der Waals surface area contributed by atoms with Crippen LogP contribution in [0, 0.1) is 0 Å². The monoisotopic (exact) mass is 257 g/mol. The van der Waals surface area contributed by atoms with E-state index in [1.54, 1.807) is 0 Å². The van der Waals surface area contributed by atoms with Gasteiger partial charge in [0.1, 0.15) is 0 Å². The topological polar surface area (TPSA) is 30.2 Å². The minimum atomic E-state index is 0.881. The molecular weight excluding hydrogens is 246 g/mol. The molecule has 0 atom stereocenters. The predicted octanol–water partition coefficient (Wildman–Crippen LogP) is 1.40. The Morgan fingerprint density at radius 2 is 2.00 bits per heavy atom. The number of aromatic nitrogens is 2. The molecule has 3 heteroatoms. The summed E-state index contributed by atoms with van der Waals surface area (Å²) in [6.07, 6.45) is 7.05. The zero-order valence-corrected chi connectivity index (χ0v) is 10.7. The lowest BCUT2D eigenvalue weighted by molar-refractivity contribution is 1.13. The molecule has 0 saturated heterocycles. The van der Waals surface area contributed by atoms with Crippen molar-refractivity contribution in [3.8, 4) is 0 Å². The lowest BCUT2D eigenvalue weighted by Gasteiger charge is -2.01. The molecular formula is C17H11N3. The molecule has 3 aromatic rings. The molecule has 0 saturated carbocycles. The van der Waals surface area contributed by atoms with E-state index in [1.807, 2.05) is 30.6 Å². The number of nitrogens with zero attached hydrogens (tertiary/aromatic N) is 3. The highest BCUT2D eigenvalue weighted by atomic mass is 15.1. The van der Waals surface area contributed by atoms with Crippen molar-refractivity contribution in [3.05, 3.63) is 63.8 Å². The van der Waals surface area contributed by atoms with Crippen LogP contribution in [-0.2, 0) is 6.42 Å². The molecule has 94 valence electrons. The summed E-state index contributed by atoms with van der Waals surface area (Å²) in [4.78, 5) is 9.06. The first-order chi connectivity index (χ1) is 9.90. The highest BCUT2D eigenvalue weighted by Gasteiger charge is 2.18. The van der Waals surface area contributed by atoms with E-state index in [0.29, 0.717) is 0 Å². The zero-order chi connectivity index (χ0) is 13.1. The van der Waals surface area contributed by atoms with Gasteiger partial charge in [0.25, 0.3) is 0 Å². The van der Waals surface area contributed by atoms with Crippen molar-refractivity contribution < 1.29 is 0 Å². The van der Waals surface area contributed by atoms with E-state index in [4.69, 9.17) is 0 Å². The number of para-hydroxylation sites is 2. The Balaban J connectivity index is 1.98. The van der Waals surface area contributed by atoms with Crippen LogP contribution in [0.15, 0.2) is 41.4 Å². The van der Waals surface area contributed by atoms with E-state index in [0.717, 1.165) is 23.3 Å². The number of benzene rings is 2. The van der Waals surface area contributed by atoms with Gasteiger partial charge in [0, 0.05) is 22.8 Å². The SMILES string of the molecule is C1=N/C=c2/ccc3c(/c2=C/n2c1nc1ccccc12)C3. The van der Waals surface area contributed by atoms with Crippen LogP contribution in [0.1, 0.15) is 17.0 Å². The Labute approximate surface area is 115 Å². The fourth-order valence-corrected chi connectivity index (χ4v) is 2.90. The maximum atomic E-state index is 4.64. The number of rotatable bonds is 0. The van der Waals surface area contributed by atoms with E-state index in [9.17, 15) is 0 Å². The summed E-state index contributed by atoms with van der Waals surface area (Å²) in [6, 6.07) is 12.5. The lowest BCUT2D eigenvalue weighted by atomic mass is 10.2. The molecule has 0 unspecified atom stereocenters. The van der Waals surface area contributed by atoms with Crippen LogP contribution in [0.5, 0.6) is 0 Å². The van der Waals surface area contributed by atoms with Crippen LogP contribution in [0.4, 0.5) is 0 Å². The maximum absolute atomic E-state index is 4.64. The Hall–Kier alpha value is -2.68. The maximum Gasteiger partial charge on any atom is 0.156 e. The molecule has 1 aliphatic heterocycles. The first kappa shape index (κ1) is 10.1. The summed E-state index contributed by atoms with van der Waals surface area (Å²) in [7, 11) is 0. The van der Waals surface area contributed by atoms with Gasteiger partial charge in [-0.15, -0.1) is 0 Å². The molecule has 1 aromatic heterocycles. The van der Waals surface area contributed by atoms with Crippen molar-refractivity contribution in [2.24, 2.45) is 4.99 Å². The lowest BCUT2D eigenvalue weighted by Crippen LogP contribution is -2.26. The standard InChI is InChI=1S/C17H11N3/c1-2-4-16-15(3-1)19-17-9-18-8-12-6-5-11-7-13(11)14(12)10-20(16)17/h1-6,8-10H,7H2/b12-8-,14-10+,18-9?. The van der Waals surface area contributed by atoms with Crippen LogP contribution in [0.3, 0.4) is 0 Å². The molecule has 0 amide bonds. The van der Waals surface area contributed by atoms with Crippen molar-refractivity contribution in [3.63, 3.8) is 0 Å². The van der Waals surface area contributed by atoms with E-state index < -0.39 is 0 Å². The molecule has 0 radical (unpaired) electrons. The molecule has 5 rings (SSSR count). The van der Waals surface area contributed by atoms with Crippen molar-refractivity contribution in [2.45, 2.75) is 6.42 Å². The van der Waals surface area contributed by atoms with Crippen molar-refractivity contribution in [1.82, 2.24) is 9.55 Å². The molecule has 0 N–H and O–H groups in total. The molecule has 3 nitrogen and oxygen atoms in total. The fourth-order valence-electron chi connectivity index (χ4n) is 2.90. The Kier molecular flexibility index (Phi) is 1.75. The van der Waals surface area contributed by atoms with Gasteiger partial charge in [-0.3, -0.25) is 9.56 Å². The summed E-state index contributed by atoms with van der Waals surface area (Å²) in [5.74, 6) is 0.881. The molecule has 2 aliphatic rings. The third-order valence-electron chi connectivity index (χ3n) is 4.01. The van der Waals surface area contributed by atoms with Gasteiger partial charge in [-0.05, 0) is 29.7 Å². The number of hydrogen-bond donors (Lipinski definition) is 0. The minimum absolute atomic E-state index is 0.881. The molecule has 0 fully saturated rings. The van der Waals surface area contributed by atoms with E-state index in [-0.39, 0.29) is 0 Å². The second-order valence-electron chi connectivity index (χ2n) is 5.25. The predicted molar refractivity (Wildman–Crippen MR) is 80.2 cm³/mol. The molecule has 1 aliphatic carbocycles. The second-order valence-corrected chi connectivity index (χ2v) is 5.25. The zero-order valence-electron chi connectivity index (χ0n) is 10.7. The van der Waals surface area contributed by atoms with E-state index >= 15 is 0 Å².